The highest BCUT2D eigenvalue weighted by Crippen LogP contribution is 2.21. The third-order valence-corrected chi connectivity index (χ3v) is 2.82. The van der Waals surface area contributed by atoms with Crippen LogP contribution in [0.3, 0.4) is 0 Å². The summed E-state index contributed by atoms with van der Waals surface area (Å²) < 4.78 is 10.5. The molecule has 0 N–H and O–H groups in total. The number of hydrogen-bond donors (Lipinski definition) is 0. The minimum Gasteiger partial charge on any atom is -0.462 e. The SMILES string of the molecule is CCC(C(=O)OCC(C)C)=C(C(=O)OCC(C)C)C(C)C. The number of rotatable bonds is 8. The molecular weight excluding hydrogens is 268 g/mol. The second-order valence-corrected chi connectivity index (χ2v) is 6.39. The van der Waals surface area contributed by atoms with Crippen LogP contribution in [0.5, 0.6) is 0 Å². The van der Waals surface area contributed by atoms with Crippen molar-refractivity contribution in [2.45, 2.75) is 54.9 Å². The van der Waals surface area contributed by atoms with Crippen molar-refractivity contribution in [2.75, 3.05) is 13.2 Å². The maximum atomic E-state index is 12.2. The van der Waals surface area contributed by atoms with Gasteiger partial charge in [-0.3, -0.25) is 0 Å². The Morgan fingerprint density at radius 2 is 1.24 bits per heavy atom. The monoisotopic (exact) mass is 298 g/mol. The maximum absolute atomic E-state index is 12.2. The topological polar surface area (TPSA) is 52.6 Å². The number of carbonyl (C=O) groups is 2. The smallest absolute Gasteiger partial charge is 0.334 e. The van der Waals surface area contributed by atoms with Crippen LogP contribution in [-0.4, -0.2) is 25.2 Å². The van der Waals surface area contributed by atoms with E-state index in [1.807, 2.05) is 48.5 Å². The van der Waals surface area contributed by atoms with Crippen LogP contribution < -0.4 is 0 Å². The first-order valence-corrected chi connectivity index (χ1v) is 7.77. The Morgan fingerprint density at radius 3 is 1.57 bits per heavy atom. The summed E-state index contributed by atoms with van der Waals surface area (Å²) in [4.78, 5) is 24.4. The van der Waals surface area contributed by atoms with E-state index in [4.69, 9.17) is 9.47 Å². The number of carbonyl (C=O) groups excluding carboxylic acids is 2. The van der Waals surface area contributed by atoms with Gasteiger partial charge >= 0.3 is 11.9 Å². The number of hydrogen-bond acceptors (Lipinski definition) is 4. The molecule has 0 aliphatic heterocycles. The van der Waals surface area contributed by atoms with Crippen LogP contribution >= 0.6 is 0 Å². The lowest BCUT2D eigenvalue weighted by atomic mass is 9.95. The van der Waals surface area contributed by atoms with E-state index in [1.54, 1.807) is 0 Å². The minimum absolute atomic E-state index is 0.0776. The lowest BCUT2D eigenvalue weighted by Crippen LogP contribution is -2.22. The molecule has 0 atom stereocenters. The summed E-state index contributed by atoms with van der Waals surface area (Å²) in [6.07, 6.45) is 0.460. The Balaban J connectivity index is 5.21. The Bertz CT molecular complexity index is 378. The summed E-state index contributed by atoms with van der Waals surface area (Å²) in [5.41, 5.74) is 0.867. The first-order valence-electron chi connectivity index (χ1n) is 7.77. The molecule has 0 bridgehead atoms. The van der Waals surface area contributed by atoms with E-state index in [0.29, 0.717) is 30.8 Å². The summed E-state index contributed by atoms with van der Waals surface area (Å²) >= 11 is 0. The van der Waals surface area contributed by atoms with Gasteiger partial charge in [-0.1, -0.05) is 48.5 Å². The molecule has 0 aromatic rings. The molecule has 4 nitrogen and oxygen atoms in total. The molecule has 0 fully saturated rings. The summed E-state index contributed by atoms with van der Waals surface area (Å²) in [5, 5.41) is 0. The zero-order chi connectivity index (χ0) is 16.6. The van der Waals surface area contributed by atoms with Gasteiger partial charge in [0.1, 0.15) is 0 Å². The molecule has 0 heterocycles. The average Bonchev–Trinajstić information content (AvgIpc) is 2.38. The van der Waals surface area contributed by atoms with Crippen molar-refractivity contribution in [3.05, 3.63) is 11.1 Å². The van der Waals surface area contributed by atoms with Crippen LogP contribution in [0.2, 0.25) is 0 Å². The maximum Gasteiger partial charge on any atom is 0.334 e. The Hall–Kier alpha value is -1.32. The van der Waals surface area contributed by atoms with Crippen molar-refractivity contribution in [2.24, 2.45) is 17.8 Å². The standard InChI is InChI=1S/C17H30O4/c1-8-14(16(18)20-9-11(2)3)15(13(6)7)17(19)21-10-12(4)5/h11-13H,8-10H2,1-7H3. The lowest BCUT2D eigenvalue weighted by molar-refractivity contribution is -0.143. The van der Waals surface area contributed by atoms with Crippen molar-refractivity contribution >= 4 is 11.9 Å². The second kappa shape index (κ2) is 9.59. The first-order chi connectivity index (χ1) is 9.70. The van der Waals surface area contributed by atoms with Crippen LogP contribution in [0.1, 0.15) is 54.9 Å². The summed E-state index contributed by atoms with van der Waals surface area (Å²) in [6.45, 7) is 14.2. The second-order valence-electron chi connectivity index (χ2n) is 6.39. The molecule has 0 spiro atoms. The molecule has 0 radical (unpaired) electrons. The zero-order valence-corrected chi connectivity index (χ0v) is 14.5. The van der Waals surface area contributed by atoms with Crippen molar-refractivity contribution in [1.82, 2.24) is 0 Å². The predicted molar refractivity (Wildman–Crippen MR) is 83.7 cm³/mol. The number of ether oxygens (including phenoxy) is 2. The van der Waals surface area contributed by atoms with Crippen molar-refractivity contribution in [1.29, 1.82) is 0 Å². The van der Waals surface area contributed by atoms with Crippen LogP contribution in [0.4, 0.5) is 0 Å². The molecule has 21 heavy (non-hydrogen) atoms. The highest BCUT2D eigenvalue weighted by Gasteiger charge is 2.25. The fraction of sp³-hybridized carbons (Fsp3) is 0.765. The fourth-order valence-corrected chi connectivity index (χ4v) is 1.80. The van der Waals surface area contributed by atoms with Crippen LogP contribution in [0, 0.1) is 17.8 Å². The summed E-state index contributed by atoms with van der Waals surface area (Å²) in [6, 6.07) is 0. The van der Waals surface area contributed by atoms with Gasteiger partial charge in [-0.15, -0.1) is 0 Å². The van der Waals surface area contributed by atoms with E-state index < -0.39 is 11.9 Å². The van der Waals surface area contributed by atoms with E-state index in [-0.39, 0.29) is 17.8 Å². The first kappa shape index (κ1) is 19.7. The molecule has 0 aromatic carbocycles. The Labute approximate surface area is 128 Å². The van der Waals surface area contributed by atoms with Gasteiger partial charge in [-0.25, -0.2) is 9.59 Å². The normalized spacial score (nSPS) is 12.7. The quantitative estimate of drug-likeness (QED) is 0.506. The molecule has 0 amide bonds. The highest BCUT2D eigenvalue weighted by molar-refractivity contribution is 6.00. The molecule has 0 saturated heterocycles. The van der Waals surface area contributed by atoms with Gasteiger partial charge in [-0.2, -0.15) is 0 Å². The van der Waals surface area contributed by atoms with Gasteiger partial charge in [0.05, 0.1) is 18.8 Å². The van der Waals surface area contributed by atoms with Crippen LogP contribution in [-0.2, 0) is 19.1 Å². The molecule has 0 aromatic heterocycles. The van der Waals surface area contributed by atoms with E-state index >= 15 is 0 Å². The van der Waals surface area contributed by atoms with E-state index in [9.17, 15) is 9.59 Å². The summed E-state index contributed by atoms with van der Waals surface area (Å²) in [7, 11) is 0. The molecule has 122 valence electrons. The molecule has 0 aliphatic carbocycles. The minimum atomic E-state index is -0.406. The lowest BCUT2D eigenvalue weighted by Gasteiger charge is -2.17. The van der Waals surface area contributed by atoms with Gasteiger partial charge in [0, 0.05) is 5.57 Å². The van der Waals surface area contributed by atoms with Gasteiger partial charge < -0.3 is 9.47 Å². The largest absolute Gasteiger partial charge is 0.462 e. The molecule has 0 unspecified atom stereocenters. The zero-order valence-electron chi connectivity index (χ0n) is 14.5. The fourth-order valence-electron chi connectivity index (χ4n) is 1.80. The Kier molecular flexibility index (Phi) is 8.98. The molecule has 4 heteroatoms. The van der Waals surface area contributed by atoms with Crippen molar-refractivity contribution in [3.63, 3.8) is 0 Å². The van der Waals surface area contributed by atoms with E-state index in [2.05, 4.69) is 0 Å². The Morgan fingerprint density at radius 1 is 0.810 bits per heavy atom. The third kappa shape index (κ3) is 7.30. The predicted octanol–water partition coefficient (Wildman–Crippen LogP) is 3.75. The van der Waals surface area contributed by atoms with Gasteiger partial charge in [-0.05, 0) is 24.2 Å². The number of esters is 2. The van der Waals surface area contributed by atoms with Crippen molar-refractivity contribution in [3.8, 4) is 0 Å². The van der Waals surface area contributed by atoms with Crippen LogP contribution in [0.25, 0.3) is 0 Å². The third-order valence-electron chi connectivity index (χ3n) is 2.82. The molecule has 0 aliphatic rings. The van der Waals surface area contributed by atoms with Gasteiger partial charge in [0.15, 0.2) is 0 Å². The van der Waals surface area contributed by atoms with Gasteiger partial charge in [0.25, 0.3) is 0 Å². The molecule has 0 rings (SSSR count). The van der Waals surface area contributed by atoms with E-state index in [0.717, 1.165) is 0 Å². The van der Waals surface area contributed by atoms with Gasteiger partial charge in [0.2, 0.25) is 0 Å². The van der Waals surface area contributed by atoms with Crippen molar-refractivity contribution < 1.29 is 19.1 Å². The summed E-state index contributed by atoms with van der Waals surface area (Å²) in [5.74, 6) is -0.359. The van der Waals surface area contributed by atoms with E-state index in [1.165, 1.54) is 0 Å². The average molecular weight is 298 g/mol. The van der Waals surface area contributed by atoms with Crippen LogP contribution in [0.15, 0.2) is 11.1 Å². The molecular formula is C17H30O4. The highest BCUT2D eigenvalue weighted by atomic mass is 16.5. The molecule has 0 saturated carbocycles.